The van der Waals surface area contributed by atoms with Crippen LogP contribution in [0, 0.1) is 0 Å². The number of likely N-dealkylation sites (N-methyl/N-ethyl adjacent to an activating group) is 1. The third kappa shape index (κ3) is 3.56. The third-order valence-corrected chi connectivity index (χ3v) is 4.58. The number of ether oxygens (including phenoxy) is 1. The molecule has 2 rings (SSSR count). The van der Waals surface area contributed by atoms with Gasteiger partial charge in [0.15, 0.2) is 0 Å². The number of methoxy groups -OCH3 is 1. The van der Waals surface area contributed by atoms with Crippen LogP contribution in [0.3, 0.4) is 0 Å². The maximum atomic E-state index is 5.92. The van der Waals surface area contributed by atoms with Crippen LogP contribution >= 0.6 is 15.9 Å². The second-order valence-corrected chi connectivity index (χ2v) is 6.22. The van der Waals surface area contributed by atoms with E-state index >= 15 is 0 Å². The molecule has 1 atom stereocenters. The molecule has 1 aromatic heterocycles. The second-order valence-electron chi connectivity index (χ2n) is 5.30. The zero-order chi connectivity index (χ0) is 13.7. The van der Waals surface area contributed by atoms with Crippen molar-refractivity contribution in [1.29, 1.82) is 0 Å². The first-order chi connectivity index (χ1) is 9.20. The van der Waals surface area contributed by atoms with Crippen LogP contribution in [0.1, 0.15) is 38.2 Å². The molecular weight excluding hydrogens is 304 g/mol. The van der Waals surface area contributed by atoms with Crippen LogP contribution in [0.5, 0.6) is 0 Å². The van der Waals surface area contributed by atoms with Gasteiger partial charge in [-0.15, -0.1) is 0 Å². The van der Waals surface area contributed by atoms with E-state index < -0.39 is 0 Å². The van der Waals surface area contributed by atoms with E-state index in [2.05, 4.69) is 39.2 Å². The van der Waals surface area contributed by atoms with E-state index in [1.165, 1.54) is 18.4 Å². The molecule has 0 bridgehead atoms. The molecule has 3 nitrogen and oxygen atoms in total. The summed E-state index contributed by atoms with van der Waals surface area (Å²) in [6.45, 7) is 3.13. The van der Waals surface area contributed by atoms with Crippen LogP contribution in [0.2, 0.25) is 0 Å². The van der Waals surface area contributed by atoms with E-state index in [4.69, 9.17) is 4.74 Å². The lowest BCUT2D eigenvalue weighted by molar-refractivity contribution is -0.0351. The molecule has 0 radical (unpaired) electrons. The minimum absolute atomic E-state index is 0.00166. The van der Waals surface area contributed by atoms with Gasteiger partial charge in [0.1, 0.15) is 0 Å². The lowest BCUT2D eigenvalue weighted by Crippen LogP contribution is -2.51. The Kier molecular flexibility index (Phi) is 5.37. The quantitative estimate of drug-likeness (QED) is 0.870. The predicted molar refractivity (Wildman–Crippen MR) is 81.3 cm³/mol. The first kappa shape index (κ1) is 14.9. The summed E-state index contributed by atoms with van der Waals surface area (Å²) in [4.78, 5) is 4.26. The third-order valence-electron chi connectivity index (χ3n) is 4.14. The van der Waals surface area contributed by atoms with Gasteiger partial charge in [-0.2, -0.15) is 0 Å². The average molecular weight is 327 g/mol. The molecule has 4 heteroatoms. The monoisotopic (exact) mass is 326 g/mol. The standard InChI is InChI=1S/C15H23BrN2O/c1-3-18-14(15(19-2)6-4-5-7-15)9-12-8-13(16)11-17-10-12/h8,10-11,14,18H,3-7,9H2,1-2H3. The number of rotatable bonds is 6. The van der Waals surface area contributed by atoms with Gasteiger partial charge in [-0.25, -0.2) is 0 Å². The Morgan fingerprint density at radius 3 is 2.74 bits per heavy atom. The number of hydrogen-bond donors (Lipinski definition) is 1. The van der Waals surface area contributed by atoms with E-state index in [9.17, 15) is 0 Å². The Hall–Kier alpha value is -0.450. The number of aromatic nitrogens is 1. The van der Waals surface area contributed by atoms with Crippen LogP contribution in [0.4, 0.5) is 0 Å². The smallest absolute Gasteiger partial charge is 0.0834 e. The Labute approximate surface area is 124 Å². The molecule has 1 fully saturated rings. The lowest BCUT2D eigenvalue weighted by atomic mass is 9.87. The molecule has 1 aliphatic carbocycles. The van der Waals surface area contributed by atoms with Gasteiger partial charge >= 0.3 is 0 Å². The largest absolute Gasteiger partial charge is 0.377 e. The van der Waals surface area contributed by atoms with Gasteiger partial charge in [0.05, 0.1) is 5.60 Å². The van der Waals surface area contributed by atoms with E-state index in [1.807, 2.05) is 19.5 Å². The van der Waals surface area contributed by atoms with E-state index in [1.54, 1.807) is 0 Å². The molecule has 0 aliphatic heterocycles. The number of hydrogen-bond acceptors (Lipinski definition) is 3. The van der Waals surface area contributed by atoms with Crippen molar-refractivity contribution in [3.05, 3.63) is 28.5 Å². The van der Waals surface area contributed by atoms with Crippen molar-refractivity contribution in [2.75, 3.05) is 13.7 Å². The van der Waals surface area contributed by atoms with Crippen LogP contribution in [0.25, 0.3) is 0 Å². The highest BCUT2D eigenvalue weighted by molar-refractivity contribution is 9.10. The fourth-order valence-electron chi connectivity index (χ4n) is 3.16. The van der Waals surface area contributed by atoms with Gasteiger partial charge in [-0.05, 0) is 53.4 Å². The summed E-state index contributed by atoms with van der Waals surface area (Å²) in [5.41, 5.74) is 1.25. The fourth-order valence-corrected chi connectivity index (χ4v) is 3.57. The van der Waals surface area contributed by atoms with Gasteiger partial charge in [-0.3, -0.25) is 4.98 Å². The van der Waals surface area contributed by atoms with Crippen LogP contribution in [-0.4, -0.2) is 30.3 Å². The van der Waals surface area contributed by atoms with Crippen LogP contribution < -0.4 is 5.32 Å². The summed E-state index contributed by atoms with van der Waals surface area (Å²) in [7, 11) is 1.86. The number of nitrogens with one attached hydrogen (secondary N) is 1. The van der Waals surface area contributed by atoms with Crippen LogP contribution in [0.15, 0.2) is 22.9 Å². The van der Waals surface area contributed by atoms with Gasteiger partial charge < -0.3 is 10.1 Å². The summed E-state index contributed by atoms with van der Waals surface area (Å²) in [6, 6.07) is 2.51. The minimum atomic E-state index is -0.00166. The van der Waals surface area contributed by atoms with Gasteiger partial charge in [0, 0.05) is 30.0 Å². The highest BCUT2D eigenvalue weighted by atomic mass is 79.9. The lowest BCUT2D eigenvalue weighted by Gasteiger charge is -2.37. The molecule has 0 saturated heterocycles. The molecule has 0 amide bonds. The summed E-state index contributed by atoms with van der Waals surface area (Å²) < 4.78 is 6.96. The Balaban J connectivity index is 2.15. The molecular formula is C15H23BrN2O. The summed E-state index contributed by atoms with van der Waals surface area (Å²) >= 11 is 3.49. The van der Waals surface area contributed by atoms with Crippen molar-refractivity contribution in [1.82, 2.24) is 10.3 Å². The number of nitrogens with zero attached hydrogens (tertiary/aromatic N) is 1. The Bertz CT molecular complexity index is 405. The van der Waals surface area contributed by atoms with Crippen molar-refractivity contribution < 1.29 is 4.74 Å². The molecule has 0 aromatic carbocycles. The highest BCUT2D eigenvalue weighted by Crippen LogP contribution is 2.36. The summed E-state index contributed by atoms with van der Waals surface area (Å²) in [5.74, 6) is 0. The minimum Gasteiger partial charge on any atom is -0.377 e. The number of halogens is 1. The van der Waals surface area contributed by atoms with Crippen molar-refractivity contribution in [2.45, 2.75) is 50.7 Å². The van der Waals surface area contributed by atoms with E-state index in [0.717, 1.165) is 30.3 Å². The van der Waals surface area contributed by atoms with Crippen LogP contribution in [-0.2, 0) is 11.2 Å². The van der Waals surface area contributed by atoms with Crippen molar-refractivity contribution in [3.8, 4) is 0 Å². The molecule has 106 valence electrons. The maximum Gasteiger partial charge on any atom is 0.0834 e. The van der Waals surface area contributed by atoms with E-state index in [-0.39, 0.29) is 5.60 Å². The highest BCUT2D eigenvalue weighted by Gasteiger charge is 2.41. The topological polar surface area (TPSA) is 34.2 Å². The first-order valence-corrected chi connectivity index (χ1v) is 7.87. The molecule has 1 saturated carbocycles. The average Bonchev–Trinajstić information content (AvgIpc) is 2.88. The molecule has 1 unspecified atom stereocenters. The summed E-state index contributed by atoms with van der Waals surface area (Å²) in [6.07, 6.45) is 9.60. The predicted octanol–water partition coefficient (Wildman–Crippen LogP) is 3.32. The Morgan fingerprint density at radius 1 is 1.42 bits per heavy atom. The summed E-state index contributed by atoms with van der Waals surface area (Å²) in [5, 5.41) is 3.62. The SMILES string of the molecule is CCNC(Cc1cncc(Br)c1)C1(OC)CCCC1. The molecule has 1 N–H and O–H groups in total. The molecule has 0 spiro atoms. The second kappa shape index (κ2) is 6.82. The zero-order valence-electron chi connectivity index (χ0n) is 11.8. The zero-order valence-corrected chi connectivity index (χ0v) is 13.4. The van der Waals surface area contributed by atoms with Crippen molar-refractivity contribution in [2.24, 2.45) is 0 Å². The maximum absolute atomic E-state index is 5.92. The Morgan fingerprint density at radius 2 is 2.16 bits per heavy atom. The molecule has 1 heterocycles. The molecule has 1 aliphatic rings. The van der Waals surface area contributed by atoms with Gasteiger partial charge in [-0.1, -0.05) is 19.8 Å². The fraction of sp³-hybridized carbons (Fsp3) is 0.667. The first-order valence-electron chi connectivity index (χ1n) is 7.08. The number of pyridine rings is 1. The molecule has 1 aromatic rings. The van der Waals surface area contributed by atoms with Gasteiger partial charge in [0.2, 0.25) is 0 Å². The normalized spacial score (nSPS) is 19.5. The van der Waals surface area contributed by atoms with Crippen molar-refractivity contribution >= 4 is 15.9 Å². The van der Waals surface area contributed by atoms with Gasteiger partial charge in [0.25, 0.3) is 0 Å². The van der Waals surface area contributed by atoms with E-state index in [0.29, 0.717) is 6.04 Å². The molecule has 19 heavy (non-hydrogen) atoms. The van der Waals surface area contributed by atoms with Crippen molar-refractivity contribution in [3.63, 3.8) is 0 Å².